The molecular formula is C16H9F2N3O3. The van der Waals surface area contributed by atoms with Crippen LogP contribution < -0.4 is 5.32 Å². The van der Waals surface area contributed by atoms with Crippen molar-refractivity contribution in [2.24, 2.45) is 0 Å². The quantitative estimate of drug-likeness (QED) is 0.402. The smallest absolute Gasteiger partial charge is 0.271 e. The van der Waals surface area contributed by atoms with E-state index >= 15 is 0 Å². The lowest BCUT2D eigenvalue weighted by atomic mass is 10.1. The van der Waals surface area contributed by atoms with Crippen molar-refractivity contribution in [1.82, 2.24) is 0 Å². The minimum Gasteiger partial charge on any atom is -0.319 e. The molecule has 0 aromatic heterocycles. The van der Waals surface area contributed by atoms with Crippen LogP contribution in [-0.2, 0) is 4.79 Å². The van der Waals surface area contributed by atoms with Crippen LogP contribution in [0, 0.1) is 33.1 Å². The van der Waals surface area contributed by atoms with Crippen molar-refractivity contribution < 1.29 is 18.5 Å². The highest BCUT2D eigenvalue weighted by Crippen LogP contribution is 2.22. The van der Waals surface area contributed by atoms with Crippen LogP contribution in [0.25, 0.3) is 6.08 Å². The second-order valence-electron chi connectivity index (χ2n) is 4.60. The number of halogens is 2. The summed E-state index contributed by atoms with van der Waals surface area (Å²) in [7, 11) is 0. The average molecular weight is 329 g/mol. The van der Waals surface area contributed by atoms with Crippen molar-refractivity contribution in [2.75, 3.05) is 5.32 Å². The van der Waals surface area contributed by atoms with Gasteiger partial charge in [-0.1, -0.05) is 12.1 Å². The van der Waals surface area contributed by atoms with Gasteiger partial charge in [-0.25, -0.2) is 8.78 Å². The van der Waals surface area contributed by atoms with E-state index in [-0.39, 0.29) is 5.57 Å². The molecule has 2 rings (SSSR count). The zero-order valence-corrected chi connectivity index (χ0v) is 12.0. The molecule has 1 amide bonds. The third-order valence-electron chi connectivity index (χ3n) is 2.96. The molecule has 0 fully saturated rings. The van der Waals surface area contributed by atoms with Crippen molar-refractivity contribution in [2.45, 2.75) is 0 Å². The Hall–Kier alpha value is -3.60. The Bertz CT molecular complexity index is 871. The molecule has 6 nitrogen and oxygen atoms in total. The Labute approximate surface area is 134 Å². The first kappa shape index (κ1) is 16.8. The molecule has 24 heavy (non-hydrogen) atoms. The van der Waals surface area contributed by atoms with Crippen LogP contribution >= 0.6 is 0 Å². The molecule has 1 N–H and O–H groups in total. The fraction of sp³-hybridized carbons (Fsp3) is 0. The minimum absolute atomic E-state index is 0.368. The van der Waals surface area contributed by atoms with Crippen molar-refractivity contribution in [3.05, 3.63) is 75.3 Å². The average Bonchev–Trinajstić information content (AvgIpc) is 2.56. The molecule has 0 aliphatic heterocycles. The molecule has 2 aromatic carbocycles. The zero-order chi connectivity index (χ0) is 17.7. The number of benzene rings is 2. The minimum atomic E-state index is -0.943. The summed E-state index contributed by atoms with van der Waals surface area (Å²) in [5.74, 6) is -2.30. The highest BCUT2D eigenvalue weighted by molar-refractivity contribution is 6.09. The van der Waals surface area contributed by atoms with Crippen molar-refractivity contribution >= 4 is 23.4 Å². The van der Waals surface area contributed by atoms with Gasteiger partial charge in [0.05, 0.1) is 10.6 Å². The summed E-state index contributed by atoms with van der Waals surface area (Å²) < 4.78 is 26.5. The van der Waals surface area contributed by atoms with Gasteiger partial charge < -0.3 is 5.32 Å². The van der Waals surface area contributed by atoms with E-state index in [1.165, 1.54) is 18.2 Å². The second-order valence-corrected chi connectivity index (χ2v) is 4.60. The molecule has 0 saturated carbocycles. The largest absolute Gasteiger partial charge is 0.319 e. The Morgan fingerprint density at radius 3 is 2.46 bits per heavy atom. The molecular weight excluding hydrogens is 320 g/mol. The highest BCUT2D eigenvalue weighted by Gasteiger charge is 2.15. The number of nitrogens with zero attached hydrogens (tertiary/aromatic N) is 2. The third-order valence-corrected chi connectivity index (χ3v) is 2.96. The van der Waals surface area contributed by atoms with E-state index in [9.17, 15) is 23.7 Å². The fourth-order valence-corrected chi connectivity index (χ4v) is 1.79. The Balaban J connectivity index is 2.27. The van der Waals surface area contributed by atoms with Crippen LogP contribution in [0.4, 0.5) is 20.2 Å². The van der Waals surface area contributed by atoms with Gasteiger partial charge >= 0.3 is 0 Å². The summed E-state index contributed by atoms with van der Waals surface area (Å²) in [4.78, 5) is 22.0. The molecule has 0 heterocycles. The number of nitrogens with one attached hydrogen (secondary N) is 1. The first-order valence-electron chi connectivity index (χ1n) is 6.53. The number of nitro groups is 1. The third kappa shape index (κ3) is 3.98. The molecule has 2 aromatic rings. The Morgan fingerprint density at radius 2 is 1.88 bits per heavy atom. The van der Waals surface area contributed by atoms with E-state index in [0.717, 1.165) is 30.3 Å². The fourth-order valence-electron chi connectivity index (χ4n) is 1.79. The van der Waals surface area contributed by atoms with Gasteiger partial charge in [-0.3, -0.25) is 14.9 Å². The Morgan fingerprint density at radius 1 is 1.21 bits per heavy atom. The summed E-state index contributed by atoms with van der Waals surface area (Å²) in [6.07, 6.45) is 1.18. The number of nitriles is 1. The van der Waals surface area contributed by atoms with Crippen LogP contribution in [-0.4, -0.2) is 10.8 Å². The summed E-state index contributed by atoms with van der Waals surface area (Å²) in [5, 5.41) is 21.8. The first-order chi connectivity index (χ1) is 11.4. The lowest BCUT2D eigenvalue weighted by molar-refractivity contribution is -0.384. The van der Waals surface area contributed by atoms with E-state index in [1.54, 1.807) is 6.07 Å². The predicted molar refractivity (Wildman–Crippen MR) is 81.7 cm³/mol. The van der Waals surface area contributed by atoms with Crippen LogP contribution in [0.2, 0.25) is 0 Å². The maximum Gasteiger partial charge on any atom is 0.271 e. The van der Waals surface area contributed by atoms with Gasteiger partial charge in [-0.2, -0.15) is 5.26 Å². The maximum absolute atomic E-state index is 13.7. The number of amides is 1. The summed E-state index contributed by atoms with van der Waals surface area (Å²) in [5.41, 5.74) is -0.808. The number of carbonyl (C=O) groups excluding carboxylic acids is 1. The zero-order valence-electron chi connectivity index (χ0n) is 12.0. The first-order valence-corrected chi connectivity index (χ1v) is 6.53. The van der Waals surface area contributed by atoms with Gasteiger partial charge in [-0.15, -0.1) is 0 Å². The van der Waals surface area contributed by atoms with E-state index in [1.807, 2.05) is 0 Å². The lowest BCUT2D eigenvalue weighted by Crippen LogP contribution is -2.14. The number of non-ortho nitro benzene ring substituents is 1. The van der Waals surface area contributed by atoms with Gasteiger partial charge in [0.15, 0.2) is 0 Å². The predicted octanol–water partition coefficient (Wildman–Crippen LogP) is 3.42. The number of hydrogen-bond donors (Lipinski definition) is 1. The van der Waals surface area contributed by atoms with E-state index in [2.05, 4.69) is 5.32 Å². The van der Waals surface area contributed by atoms with Crippen molar-refractivity contribution in [3.63, 3.8) is 0 Å². The van der Waals surface area contributed by atoms with Crippen LogP contribution in [0.3, 0.4) is 0 Å². The number of carbonyl (C=O) groups is 1. The molecule has 8 heteroatoms. The number of anilines is 1. The van der Waals surface area contributed by atoms with Crippen molar-refractivity contribution in [1.29, 1.82) is 5.26 Å². The number of nitro benzene ring substituents is 1. The summed E-state index contributed by atoms with van der Waals surface area (Å²) >= 11 is 0. The van der Waals surface area contributed by atoms with Crippen LogP contribution in [0.5, 0.6) is 0 Å². The van der Waals surface area contributed by atoms with Gasteiger partial charge in [0, 0.05) is 12.1 Å². The molecule has 120 valence electrons. The van der Waals surface area contributed by atoms with Crippen molar-refractivity contribution in [3.8, 4) is 6.07 Å². The number of rotatable bonds is 4. The van der Waals surface area contributed by atoms with Crippen LogP contribution in [0.1, 0.15) is 5.56 Å². The molecule has 0 spiro atoms. The SMILES string of the molecule is N#CC(=Cc1ccc(F)cc1)C(=O)Nc1cc([N+](=O)[O-])ccc1F. The van der Waals surface area contributed by atoms with Gasteiger partial charge in [0.1, 0.15) is 23.3 Å². The van der Waals surface area contributed by atoms with Gasteiger partial charge in [-0.05, 0) is 29.8 Å². The van der Waals surface area contributed by atoms with E-state index in [4.69, 9.17) is 5.26 Å². The van der Waals surface area contributed by atoms with Gasteiger partial charge in [0.2, 0.25) is 0 Å². The molecule has 0 unspecified atom stereocenters. The number of hydrogen-bond acceptors (Lipinski definition) is 4. The molecule has 0 aliphatic carbocycles. The van der Waals surface area contributed by atoms with Gasteiger partial charge in [0.25, 0.3) is 11.6 Å². The molecule has 0 aliphatic rings. The summed E-state index contributed by atoms with van der Waals surface area (Å²) in [6.45, 7) is 0. The van der Waals surface area contributed by atoms with Crippen LogP contribution in [0.15, 0.2) is 48.0 Å². The maximum atomic E-state index is 13.7. The molecule has 0 radical (unpaired) electrons. The summed E-state index contributed by atoms with van der Waals surface area (Å²) in [6, 6.07) is 9.29. The molecule has 0 saturated heterocycles. The van der Waals surface area contributed by atoms with E-state index < -0.39 is 33.8 Å². The molecule has 0 bridgehead atoms. The second kappa shape index (κ2) is 7.11. The lowest BCUT2D eigenvalue weighted by Gasteiger charge is -2.05. The highest BCUT2D eigenvalue weighted by atomic mass is 19.1. The molecule has 0 atom stereocenters. The standard InChI is InChI=1S/C16H9F2N3O3/c17-12-3-1-10(2-4-12)7-11(9-19)16(22)20-15-8-13(21(23)24)5-6-14(15)18/h1-8H,(H,20,22). The van der Waals surface area contributed by atoms with E-state index in [0.29, 0.717) is 5.56 Å². The monoisotopic (exact) mass is 329 g/mol. The topological polar surface area (TPSA) is 96.0 Å². The normalized spacial score (nSPS) is 10.8. The Kier molecular flexibility index (Phi) is 4.96.